The molecular weight excluding hydrogens is 256 g/mol. The van der Waals surface area contributed by atoms with Crippen molar-refractivity contribution in [2.45, 2.75) is 32.3 Å². The number of H-pyrrole nitrogens is 1. The first-order chi connectivity index (χ1) is 9.60. The molecule has 0 amide bonds. The Morgan fingerprint density at radius 3 is 3.00 bits per heavy atom. The largest absolute Gasteiger partial charge is 0.381 e. The van der Waals surface area contributed by atoms with E-state index in [4.69, 9.17) is 0 Å². The molecule has 7 nitrogen and oxygen atoms in total. The second-order valence-electron chi connectivity index (χ2n) is 5.18. The van der Waals surface area contributed by atoms with Gasteiger partial charge in [-0.1, -0.05) is 6.92 Å². The van der Waals surface area contributed by atoms with Gasteiger partial charge in [-0.05, 0) is 13.3 Å². The molecule has 1 aliphatic rings. The second-order valence-corrected chi connectivity index (χ2v) is 5.18. The molecule has 7 heteroatoms. The van der Waals surface area contributed by atoms with Crippen molar-refractivity contribution < 1.29 is 5.11 Å². The van der Waals surface area contributed by atoms with Gasteiger partial charge in [0.25, 0.3) is 0 Å². The highest BCUT2D eigenvalue weighted by Crippen LogP contribution is 2.32. The highest BCUT2D eigenvalue weighted by molar-refractivity contribution is 5.43. The Labute approximate surface area is 117 Å². The van der Waals surface area contributed by atoms with Crippen molar-refractivity contribution in [3.8, 4) is 0 Å². The minimum atomic E-state index is -0.960. The summed E-state index contributed by atoms with van der Waals surface area (Å²) in [6.07, 6.45) is 3.06. The molecule has 0 unspecified atom stereocenters. The summed E-state index contributed by atoms with van der Waals surface area (Å²) in [4.78, 5) is 10.9. The van der Waals surface area contributed by atoms with E-state index in [1.54, 1.807) is 6.20 Å². The van der Waals surface area contributed by atoms with Crippen LogP contribution in [0.15, 0.2) is 12.3 Å². The number of nitrogens with one attached hydrogen (secondary N) is 1. The van der Waals surface area contributed by atoms with Gasteiger partial charge in [0, 0.05) is 24.7 Å². The van der Waals surface area contributed by atoms with Crippen LogP contribution >= 0.6 is 0 Å². The van der Waals surface area contributed by atoms with Crippen LogP contribution in [0.25, 0.3) is 0 Å². The summed E-state index contributed by atoms with van der Waals surface area (Å²) in [6, 6.07) is 1.99. The predicted octanol–water partition coefficient (Wildman–Crippen LogP) is 0.563. The fourth-order valence-electron chi connectivity index (χ4n) is 2.58. The number of hydrogen-bond acceptors (Lipinski definition) is 6. The number of aliphatic hydroxyl groups is 1. The Morgan fingerprint density at radius 1 is 1.45 bits per heavy atom. The van der Waals surface area contributed by atoms with Crippen molar-refractivity contribution in [2.75, 3.05) is 18.0 Å². The van der Waals surface area contributed by atoms with Crippen LogP contribution in [-0.4, -0.2) is 43.6 Å². The molecule has 20 heavy (non-hydrogen) atoms. The lowest BCUT2D eigenvalue weighted by atomic mass is 10.0. The number of aromatic nitrogens is 5. The summed E-state index contributed by atoms with van der Waals surface area (Å²) in [5.41, 5.74) is 0.643. The van der Waals surface area contributed by atoms with Crippen LogP contribution in [0, 0.1) is 6.92 Å². The van der Waals surface area contributed by atoms with E-state index >= 15 is 0 Å². The first-order valence-electron chi connectivity index (χ1n) is 6.79. The Hall–Kier alpha value is -2.02. The Balaban J connectivity index is 1.85. The molecule has 0 aromatic carbocycles. The lowest BCUT2D eigenvalue weighted by Gasteiger charge is -2.22. The number of aromatic amines is 1. The smallest absolute Gasteiger partial charge is 0.132 e. The minimum absolute atomic E-state index is 0.471. The van der Waals surface area contributed by atoms with Crippen molar-refractivity contribution >= 4 is 5.82 Å². The van der Waals surface area contributed by atoms with Crippen LogP contribution in [0.5, 0.6) is 0 Å². The van der Waals surface area contributed by atoms with Gasteiger partial charge in [0.1, 0.15) is 22.9 Å². The molecule has 1 saturated heterocycles. The molecule has 0 radical (unpaired) electrons. The summed E-state index contributed by atoms with van der Waals surface area (Å²) >= 11 is 0. The molecule has 0 spiro atoms. The van der Waals surface area contributed by atoms with Crippen molar-refractivity contribution in [3.63, 3.8) is 0 Å². The molecule has 2 aromatic rings. The zero-order valence-electron chi connectivity index (χ0n) is 11.7. The predicted molar refractivity (Wildman–Crippen MR) is 73.3 cm³/mol. The van der Waals surface area contributed by atoms with Gasteiger partial charge in [-0.15, -0.1) is 0 Å². The van der Waals surface area contributed by atoms with Crippen molar-refractivity contribution in [1.29, 1.82) is 0 Å². The van der Waals surface area contributed by atoms with Crippen LogP contribution in [0.1, 0.15) is 30.6 Å². The van der Waals surface area contributed by atoms with Crippen LogP contribution in [0.3, 0.4) is 0 Å². The van der Waals surface area contributed by atoms with Gasteiger partial charge >= 0.3 is 0 Å². The third-order valence-electron chi connectivity index (χ3n) is 3.70. The van der Waals surface area contributed by atoms with Gasteiger partial charge in [0.05, 0.1) is 12.7 Å². The van der Waals surface area contributed by atoms with E-state index in [0.29, 0.717) is 18.7 Å². The van der Waals surface area contributed by atoms with Crippen LogP contribution in [0.4, 0.5) is 5.82 Å². The topological polar surface area (TPSA) is 90.8 Å². The highest BCUT2D eigenvalue weighted by atomic mass is 16.3. The maximum absolute atomic E-state index is 10.7. The molecule has 1 aliphatic heterocycles. The van der Waals surface area contributed by atoms with E-state index in [1.165, 1.54) is 0 Å². The maximum atomic E-state index is 10.7. The summed E-state index contributed by atoms with van der Waals surface area (Å²) in [5, 5.41) is 21.0. The lowest BCUT2D eigenvalue weighted by Crippen LogP contribution is -2.31. The summed E-state index contributed by atoms with van der Waals surface area (Å²) in [5.74, 6) is 1.63. The minimum Gasteiger partial charge on any atom is -0.381 e. The van der Waals surface area contributed by atoms with Gasteiger partial charge < -0.3 is 10.0 Å². The molecule has 3 rings (SSSR count). The molecule has 0 bridgehead atoms. The fourth-order valence-corrected chi connectivity index (χ4v) is 2.58. The molecule has 0 aliphatic carbocycles. The number of hydrogen-bond donors (Lipinski definition) is 2. The third kappa shape index (κ3) is 2.24. The van der Waals surface area contributed by atoms with E-state index in [1.807, 2.05) is 13.0 Å². The Morgan fingerprint density at radius 2 is 2.30 bits per heavy atom. The number of rotatable bonds is 3. The quantitative estimate of drug-likeness (QED) is 0.850. The summed E-state index contributed by atoms with van der Waals surface area (Å²) in [6.45, 7) is 5.17. The zero-order valence-corrected chi connectivity index (χ0v) is 11.7. The van der Waals surface area contributed by atoms with Gasteiger partial charge in [0.2, 0.25) is 0 Å². The van der Waals surface area contributed by atoms with Gasteiger partial charge in [-0.3, -0.25) is 0 Å². The third-order valence-corrected chi connectivity index (χ3v) is 3.70. The summed E-state index contributed by atoms with van der Waals surface area (Å²) in [7, 11) is 0. The van der Waals surface area contributed by atoms with Gasteiger partial charge in [-0.25, -0.2) is 9.97 Å². The number of nitrogens with zero attached hydrogens (tertiary/aromatic N) is 5. The van der Waals surface area contributed by atoms with Crippen LogP contribution in [0.2, 0.25) is 0 Å². The Bertz CT molecular complexity index is 599. The number of anilines is 1. The molecular formula is C13H18N6O. The van der Waals surface area contributed by atoms with Crippen LogP contribution < -0.4 is 4.90 Å². The van der Waals surface area contributed by atoms with Crippen molar-refractivity contribution in [1.82, 2.24) is 25.4 Å². The van der Waals surface area contributed by atoms with E-state index in [0.717, 1.165) is 30.3 Å². The second kappa shape index (κ2) is 4.82. The van der Waals surface area contributed by atoms with Crippen molar-refractivity contribution in [3.05, 3.63) is 29.5 Å². The number of β-amino-alcohol motifs (C(OH)–C–C–N with tert-alkyl or cyclic N) is 1. The molecule has 1 atom stereocenters. The van der Waals surface area contributed by atoms with Crippen molar-refractivity contribution in [2.24, 2.45) is 0 Å². The molecule has 2 N–H and O–H groups in total. The number of aryl methyl sites for hydroxylation is 2. The monoisotopic (exact) mass is 274 g/mol. The maximum Gasteiger partial charge on any atom is 0.132 e. The first kappa shape index (κ1) is 13.0. The molecule has 106 valence electrons. The highest BCUT2D eigenvalue weighted by Gasteiger charge is 2.40. The SMILES string of the molecule is CCc1cc(N2CC[C@](O)(c3cn[nH]n3)C2)nc(C)n1. The normalized spacial score (nSPS) is 22.4. The molecule has 3 heterocycles. The van der Waals surface area contributed by atoms with Crippen LogP contribution in [-0.2, 0) is 12.0 Å². The van der Waals surface area contributed by atoms with E-state index in [-0.39, 0.29) is 0 Å². The average molecular weight is 274 g/mol. The van der Waals surface area contributed by atoms with E-state index < -0.39 is 5.60 Å². The van der Waals surface area contributed by atoms with E-state index in [2.05, 4.69) is 37.2 Å². The summed E-state index contributed by atoms with van der Waals surface area (Å²) < 4.78 is 0. The molecule has 1 fully saturated rings. The standard InChI is InChI=1S/C13H18N6O/c1-3-10-6-12(16-9(2)15-10)19-5-4-13(20,8-19)11-7-14-18-17-11/h6-7,20H,3-5,8H2,1-2H3,(H,14,17,18)/t13-/m1/s1. The lowest BCUT2D eigenvalue weighted by molar-refractivity contribution is 0.0559. The first-order valence-corrected chi connectivity index (χ1v) is 6.79. The molecule has 0 saturated carbocycles. The van der Waals surface area contributed by atoms with Gasteiger partial charge in [-0.2, -0.15) is 15.4 Å². The average Bonchev–Trinajstić information content (AvgIpc) is 3.08. The zero-order chi connectivity index (χ0) is 14.2. The van der Waals surface area contributed by atoms with E-state index in [9.17, 15) is 5.11 Å². The van der Waals surface area contributed by atoms with Gasteiger partial charge in [0.15, 0.2) is 0 Å². The molecule has 2 aromatic heterocycles. The fraction of sp³-hybridized carbons (Fsp3) is 0.538. The Kier molecular flexibility index (Phi) is 3.13.